The molecule has 0 saturated heterocycles. The first-order chi connectivity index (χ1) is 12.9. The van der Waals surface area contributed by atoms with Gasteiger partial charge in [0.1, 0.15) is 0 Å². The number of carbonyl (C=O) groups is 2. The number of hydrogen-bond acceptors (Lipinski definition) is 5. The van der Waals surface area contributed by atoms with Gasteiger partial charge in [0.2, 0.25) is 5.95 Å². The van der Waals surface area contributed by atoms with Gasteiger partial charge in [-0.05, 0) is 51.1 Å². The van der Waals surface area contributed by atoms with Crippen LogP contribution in [0.3, 0.4) is 0 Å². The molecule has 27 heavy (non-hydrogen) atoms. The third-order valence-corrected chi connectivity index (χ3v) is 3.93. The number of amides is 1. The number of carbonyl (C=O) groups excluding carboxylic acids is 2. The molecule has 3 rings (SSSR count). The van der Waals surface area contributed by atoms with Crippen LogP contribution in [0.4, 0.5) is 17.3 Å². The lowest BCUT2D eigenvalue weighted by atomic mass is 10.1. The topological polar surface area (TPSA) is 84.0 Å². The monoisotopic (exact) mass is 360 g/mol. The Hall–Kier alpha value is -3.54. The van der Waals surface area contributed by atoms with E-state index >= 15 is 0 Å². The summed E-state index contributed by atoms with van der Waals surface area (Å²) in [6.45, 7) is 5.27. The summed E-state index contributed by atoms with van der Waals surface area (Å²) in [6.07, 6.45) is 0. The fraction of sp³-hybridized carbons (Fsp3) is 0.143. The first-order valence-electron chi connectivity index (χ1n) is 8.53. The van der Waals surface area contributed by atoms with Crippen LogP contribution in [0, 0.1) is 13.8 Å². The number of nitrogens with zero attached hydrogens (tertiary/aromatic N) is 2. The van der Waals surface area contributed by atoms with E-state index in [1.165, 1.54) is 6.92 Å². The summed E-state index contributed by atoms with van der Waals surface area (Å²) >= 11 is 0. The van der Waals surface area contributed by atoms with Gasteiger partial charge in [-0.1, -0.05) is 24.3 Å². The average molecular weight is 360 g/mol. The van der Waals surface area contributed by atoms with Crippen LogP contribution in [0.15, 0.2) is 54.6 Å². The van der Waals surface area contributed by atoms with Crippen LogP contribution in [0.1, 0.15) is 39.0 Å². The molecule has 0 aliphatic heterocycles. The Morgan fingerprint density at radius 1 is 0.889 bits per heavy atom. The first kappa shape index (κ1) is 18.3. The van der Waals surface area contributed by atoms with Crippen molar-refractivity contribution >= 4 is 29.0 Å². The predicted octanol–water partition coefficient (Wildman–Crippen LogP) is 4.29. The van der Waals surface area contributed by atoms with Crippen molar-refractivity contribution in [2.75, 3.05) is 10.6 Å². The van der Waals surface area contributed by atoms with Crippen LogP contribution in [0.5, 0.6) is 0 Å². The average Bonchev–Trinajstić information content (AvgIpc) is 2.61. The van der Waals surface area contributed by atoms with E-state index in [0.29, 0.717) is 28.5 Å². The molecular formula is C21H20N4O2. The Morgan fingerprint density at radius 3 is 2.30 bits per heavy atom. The van der Waals surface area contributed by atoms with E-state index in [0.717, 1.165) is 11.4 Å². The van der Waals surface area contributed by atoms with Gasteiger partial charge in [-0.15, -0.1) is 0 Å². The van der Waals surface area contributed by atoms with Crippen LogP contribution in [-0.4, -0.2) is 21.7 Å². The van der Waals surface area contributed by atoms with Crippen molar-refractivity contribution in [2.45, 2.75) is 20.8 Å². The van der Waals surface area contributed by atoms with Crippen molar-refractivity contribution in [1.29, 1.82) is 0 Å². The van der Waals surface area contributed by atoms with Gasteiger partial charge >= 0.3 is 0 Å². The number of hydrogen-bond donors (Lipinski definition) is 2. The van der Waals surface area contributed by atoms with Gasteiger partial charge in [0.05, 0.1) is 11.3 Å². The minimum Gasteiger partial charge on any atom is -0.323 e. The largest absolute Gasteiger partial charge is 0.323 e. The molecular weight excluding hydrogens is 340 g/mol. The van der Waals surface area contributed by atoms with E-state index in [-0.39, 0.29) is 11.7 Å². The fourth-order valence-corrected chi connectivity index (χ4v) is 2.71. The van der Waals surface area contributed by atoms with E-state index in [1.54, 1.807) is 42.5 Å². The summed E-state index contributed by atoms with van der Waals surface area (Å²) in [5, 5.41) is 5.94. The first-order valence-corrected chi connectivity index (χ1v) is 8.53. The third kappa shape index (κ3) is 4.55. The molecule has 1 aromatic heterocycles. The van der Waals surface area contributed by atoms with Gasteiger partial charge in [-0.2, -0.15) is 0 Å². The molecule has 2 N–H and O–H groups in total. The van der Waals surface area contributed by atoms with E-state index in [9.17, 15) is 9.59 Å². The van der Waals surface area contributed by atoms with Gasteiger partial charge in [-0.3, -0.25) is 9.59 Å². The molecule has 0 atom stereocenters. The molecule has 1 amide bonds. The molecule has 0 saturated carbocycles. The summed E-state index contributed by atoms with van der Waals surface area (Å²) in [7, 11) is 0. The quantitative estimate of drug-likeness (QED) is 0.663. The molecule has 0 spiro atoms. The van der Waals surface area contributed by atoms with Crippen molar-refractivity contribution in [3.63, 3.8) is 0 Å². The van der Waals surface area contributed by atoms with Crippen LogP contribution in [0.2, 0.25) is 0 Å². The SMILES string of the molecule is CC(=O)c1cccc(NC(=O)c2ccccc2Nc2nc(C)cc(C)n2)c1. The lowest BCUT2D eigenvalue weighted by Gasteiger charge is -2.12. The molecule has 1 heterocycles. The predicted molar refractivity (Wildman–Crippen MR) is 106 cm³/mol. The second-order valence-electron chi connectivity index (χ2n) is 6.24. The number of aromatic nitrogens is 2. The summed E-state index contributed by atoms with van der Waals surface area (Å²) in [6, 6.07) is 15.9. The van der Waals surface area contributed by atoms with Gasteiger partial charge < -0.3 is 10.6 Å². The zero-order chi connectivity index (χ0) is 19.4. The highest BCUT2D eigenvalue weighted by molar-refractivity contribution is 6.08. The molecule has 0 fully saturated rings. The molecule has 2 aromatic carbocycles. The van der Waals surface area contributed by atoms with Crippen LogP contribution >= 0.6 is 0 Å². The maximum Gasteiger partial charge on any atom is 0.257 e. The standard InChI is InChI=1S/C21H20N4O2/c1-13-11-14(2)23-21(22-13)25-19-10-5-4-9-18(19)20(27)24-17-8-6-7-16(12-17)15(3)26/h4-12H,1-3H3,(H,24,27)(H,22,23,25). The smallest absolute Gasteiger partial charge is 0.257 e. The van der Waals surface area contributed by atoms with E-state index in [1.807, 2.05) is 26.0 Å². The maximum atomic E-state index is 12.8. The molecule has 6 heteroatoms. The Balaban J connectivity index is 1.85. The van der Waals surface area contributed by atoms with Gasteiger partial charge in [0.15, 0.2) is 5.78 Å². The number of benzene rings is 2. The summed E-state index contributed by atoms with van der Waals surface area (Å²) in [5.74, 6) is 0.0923. The number of nitrogens with one attached hydrogen (secondary N) is 2. The van der Waals surface area contributed by atoms with Crippen molar-refractivity contribution < 1.29 is 9.59 Å². The summed E-state index contributed by atoms with van der Waals surface area (Å²) in [4.78, 5) is 33.0. The molecule has 0 aliphatic carbocycles. The van der Waals surface area contributed by atoms with Gasteiger partial charge in [0.25, 0.3) is 5.91 Å². The number of rotatable bonds is 5. The lowest BCUT2D eigenvalue weighted by Crippen LogP contribution is -2.14. The minimum absolute atomic E-state index is 0.0554. The number of para-hydroxylation sites is 1. The minimum atomic E-state index is -0.289. The summed E-state index contributed by atoms with van der Waals surface area (Å²) < 4.78 is 0. The number of ketones is 1. The highest BCUT2D eigenvalue weighted by Crippen LogP contribution is 2.21. The normalized spacial score (nSPS) is 10.3. The van der Waals surface area contributed by atoms with Crippen LogP contribution in [0.25, 0.3) is 0 Å². The fourth-order valence-electron chi connectivity index (χ4n) is 2.71. The van der Waals surface area contributed by atoms with Crippen molar-refractivity contribution in [1.82, 2.24) is 9.97 Å². The molecule has 0 radical (unpaired) electrons. The van der Waals surface area contributed by atoms with Crippen molar-refractivity contribution in [3.8, 4) is 0 Å². The van der Waals surface area contributed by atoms with Gasteiger partial charge in [-0.25, -0.2) is 9.97 Å². The molecule has 6 nitrogen and oxygen atoms in total. The Bertz CT molecular complexity index is 994. The zero-order valence-electron chi connectivity index (χ0n) is 15.4. The van der Waals surface area contributed by atoms with E-state index in [2.05, 4.69) is 20.6 Å². The second kappa shape index (κ2) is 7.78. The zero-order valence-corrected chi connectivity index (χ0v) is 15.4. The molecule has 3 aromatic rings. The number of Topliss-reactive ketones (excluding diaryl/α,β-unsaturated/α-hetero) is 1. The molecule has 0 unspecified atom stereocenters. The van der Waals surface area contributed by atoms with Crippen LogP contribution < -0.4 is 10.6 Å². The Kier molecular flexibility index (Phi) is 5.26. The number of aryl methyl sites for hydroxylation is 2. The van der Waals surface area contributed by atoms with E-state index < -0.39 is 0 Å². The number of anilines is 3. The summed E-state index contributed by atoms with van der Waals surface area (Å²) in [5.41, 5.74) is 3.84. The molecule has 0 bridgehead atoms. The van der Waals surface area contributed by atoms with E-state index in [4.69, 9.17) is 0 Å². The van der Waals surface area contributed by atoms with Crippen molar-refractivity contribution in [3.05, 3.63) is 77.1 Å². The van der Waals surface area contributed by atoms with Gasteiger partial charge in [0, 0.05) is 22.6 Å². The lowest BCUT2D eigenvalue weighted by molar-refractivity contribution is 0.101. The Labute approximate surface area is 157 Å². The maximum absolute atomic E-state index is 12.8. The highest BCUT2D eigenvalue weighted by Gasteiger charge is 2.13. The Morgan fingerprint density at radius 2 is 1.59 bits per heavy atom. The van der Waals surface area contributed by atoms with Crippen molar-refractivity contribution in [2.24, 2.45) is 0 Å². The van der Waals surface area contributed by atoms with Crippen LogP contribution in [-0.2, 0) is 0 Å². The molecule has 136 valence electrons. The second-order valence-corrected chi connectivity index (χ2v) is 6.24. The highest BCUT2D eigenvalue weighted by atomic mass is 16.1. The third-order valence-electron chi connectivity index (χ3n) is 3.93. The molecule has 0 aliphatic rings.